The summed E-state index contributed by atoms with van der Waals surface area (Å²) in [6.07, 6.45) is 5.29. The molecule has 2 N–H and O–H groups in total. The second kappa shape index (κ2) is 4.02. The van der Waals surface area contributed by atoms with E-state index in [2.05, 4.69) is 31.0 Å². The van der Waals surface area contributed by atoms with E-state index in [1.165, 1.54) is 36.8 Å². The summed E-state index contributed by atoms with van der Waals surface area (Å²) in [6, 6.07) is 7.78. The first-order valence-corrected chi connectivity index (χ1v) is 6.77. The van der Waals surface area contributed by atoms with Gasteiger partial charge in [-0.25, -0.2) is 0 Å². The number of nitrogens with zero attached hydrogens (tertiary/aromatic N) is 1. The van der Waals surface area contributed by atoms with Crippen molar-refractivity contribution in [3.8, 4) is 0 Å². The van der Waals surface area contributed by atoms with Crippen LogP contribution in [0.2, 0.25) is 0 Å². The van der Waals surface area contributed by atoms with Crippen molar-refractivity contribution in [3.05, 3.63) is 29.3 Å². The van der Waals surface area contributed by atoms with Gasteiger partial charge in [-0.1, -0.05) is 6.07 Å². The number of nitrogens with two attached hydrogens (primary N) is 1. The van der Waals surface area contributed by atoms with E-state index in [9.17, 15) is 0 Å². The predicted molar refractivity (Wildman–Crippen MR) is 71.9 cm³/mol. The maximum atomic E-state index is 5.86. The lowest BCUT2D eigenvalue weighted by atomic mass is 10.0. The lowest BCUT2D eigenvalue weighted by molar-refractivity contribution is 0.167. The number of anilines is 1. The largest absolute Gasteiger partial charge is 0.399 e. The topological polar surface area (TPSA) is 29.3 Å². The van der Waals surface area contributed by atoms with Gasteiger partial charge in [0.05, 0.1) is 0 Å². The maximum absolute atomic E-state index is 5.86. The van der Waals surface area contributed by atoms with Crippen molar-refractivity contribution in [1.29, 1.82) is 0 Å². The van der Waals surface area contributed by atoms with Crippen molar-refractivity contribution < 1.29 is 0 Å². The average molecular weight is 230 g/mol. The van der Waals surface area contributed by atoms with E-state index in [0.717, 1.165) is 17.6 Å². The summed E-state index contributed by atoms with van der Waals surface area (Å²) >= 11 is 0. The number of hydrogen-bond donors (Lipinski definition) is 1. The minimum Gasteiger partial charge on any atom is -0.399 e. The monoisotopic (exact) mass is 230 g/mol. The van der Waals surface area contributed by atoms with Gasteiger partial charge in [-0.15, -0.1) is 0 Å². The molecule has 2 aliphatic carbocycles. The van der Waals surface area contributed by atoms with Crippen LogP contribution in [0.1, 0.15) is 43.4 Å². The third-order valence-electron chi connectivity index (χ3n) is 4.65. The highest BCUT2D eigenvalue weighted by molar-refractivity contribution is 5.47. The molecular weight excluding hydrogens is 208 g/mol. The third-order valence-corrected chi connectivity index (χ3v) is 4.65. The van der Waals surface area contributed by atoms with Crippen molar-refractivity contribution in [3.63, 3.8) is 0 Å². The van der Waals surface area contributed by atoms with Crippen molar-refractivity contribution in [2.24, 2.45) is 5.92 Å². The van der Waals surface area contributed by atoms with Crippen LogP contribution in [0.15, 0.2) is 18.2 Å². The van der Waals surface area contributed by atoms with Crippen LogP contribution in [0.5, 0.6) is 0 Å². The molecule has 0 heterocycles. The zero-order valence-corrected chi connectivity index (χ0v) is 10.8. The van der Waals surface area contributed by atoms with Gasteiger partial charge in [0.2, 0.25) is 0 Å². The Bertz CT molecular complexity index is 423. The third kappa shape index (κ3) is 1.95. The van der Waals surface area contributed by atoms with Crippen LogP contribution in [0.4, 0.5) is 5.69 Å². The minimum absolute atomic E-state index is 0.612. The fraction of sp³-hybridized carbons (Fsp3) is 0.600. The maximum Gasteiger partial charge on any atom is 0.0353 e. The van der Waals surface area contributed by atoms with Crippen LogP contribution in [-0.4, -0.2) is 18.0 Å². The molecule has 1 fully saturated rings. The van der Waals surface area contributed by atoms with E-state index in [-0.39, 0.29) is 0 Å². The van der Waals surface area contributed by atoms with Gasteiger partial charge in [0.1, 0.15) is 0 Å². The molecule has 0 bridgehead atoms. The van der Waals surface area contributed by atoms with Crippen LogP contribution in [-0.2, 0) is 6.42 Å². The molecule has 0 saturated heterocycles. The Labute approximate surface area is 104 Å². The van der Waals surface area contributed by atoms with Crippen LogP contribution in [0.3, 0.4) is 0 Å². The van der Waals surface area contributed by atoms with Crippen molar-refractivity contribution >= 4 is 5.69 Å². The van der Waals surface area contributed by atoms with Gasteiger partial charge in [0.15, 0.2) is 0 Å². The fourth-order valence-electron chi connectivity index (χ4n) is 3.23. The minimum atomic E-state index is 0.612. The molecule has 0 spiro atoms. The Morgan fingerprint density at radius 1 is 1.29 bits per heavy atom. The van der Waals surface area contributed by atoms with Crippen molar-refractivity contribution in [1.82, 2.24) is 4.90 Å². The summed E-state index contributed by atoms with van der Waals surface area (Å²) in [5.41, 5.74) is 9.73. The first-order valence-electron chi connectivity index (χ1n) is 6.77. The number of aryl methyl sites for hydroxylation is 1. The average Bonchev–Trinajstić information content (AvgIpc) is 3.08. The van der Waals surface area contributed by atoms with Crippen LogP contribution in [0, 0.1) is 5.92 Å². The Kier molecular flexibility index (Phi) is 2.62. The lowest BCUT2D eigenvalue weighted by Crippen LogP contribution is -2.33. The van der Waals surface area contributed by atoms with Crippen LogP contribution >= 0.6 is 0 Å². The number of hydrogen-bond acceptors (Lipinski definition) is 2. The quantitative estimate of drug-likeness (QED) is 0.809. The molecule has 0 aliphatic heterocycles. The van der Waals surface area contributed by atoms with Crippen LogP contribution in [0.25, 0.3) is 0 Å². The van der Waals surface area contributed by atoms with Gasteiger partial charge in [0.25, 0.3) is 0 Å². The van der Waals surface area contributed by atoms with Crippen molar-refractivity contribution in [2.75, 3.05) is 12.8 Å². The fourth-order valence-corrected chi connectivity index (χ4v) is 3.23. The summed E-state index contributed by atoms with van der Waals surface area (Å²) in [5, 5.41) is 0. The number of benzene rings is 1. The molecule has 2 atom stereocenters. The molecule has 2 unspecified atom stereocenters. The molecular formula is C15H22N2. The highest BCUT2D eigenvalue weighted by Crippen LogP contribution is 2.41. The van der Waals surface area contributed by atoms with E-state index in [4.69, 9.17) is 5.73 Å². The predicted octanol–water partition coefficient (Wildman–Crippen LogP) is 2.99. The molecule has 1 aromatic carbocycles. The smallest absolute Gasteiger partial charge is 0.0353 e. The number of fused-ring (bicyclic) bond motifs is 1. The van der Waals surface area contributed by atoms with E-state index in [1.54, 1.807) is 0 Å². The standard InChI is InChI=1S/C15H22N2/c1-10(11-3-4-11)17(2)15-8-5-12-9-13(16)6-7-14(12)15/h6-7,9-11,15H,3-5,8,16H2,1-2H3. The Hall–Kier alpha value is -1.02. The highest BCUT2D eigenvalue weighted by Gasteiger charge is 2.35. The first kappa shape index (κ1) is 11.1. The van der Waals surface area contributed by atoms with E-state index >= 15 is 0 Å². The SMILES string of the molecule is CC(C1CC1)N(C)C1CCc2cc(N)ccc21. The molecule has 1 aromatic rings. The summed E-state index contributed by atoms with van der Waals surface area (Å²) in [4.78, 5) is 2.58. The Morgan fingerprint density at radius 3 is 2.76 bits per heavy atom. The number of rotatable bonds is 3. The normalized spacial score (nSPS) is 25.0. The number of nitrogen functional groups attached to an aromatic ring is 1. The summed E-state index contributed by atoms with van der Waals surface area (Å²) in [6.45, 7) is 2.38. The van der Waals surface area contributed by atoms with Gasteiger partial charge in [-0.2, -0.15) is 0 Å². The first-order chi connectivity index (χ1) is 8.16. The molecule has 0 aromatic heterocycles. The van der Waals surface area contributed by atoms with Gasteiger partial charge in [0, 0.05) is 17.8 Å². The molecule has 0 radical (unpaired) electrons. The highest BCUT2D eigenvalue weighted by atomic mass is 15.2. The van der Waals surface area contributed by atoms with Crippen molar-refractivity contribution in [2.45, 2.75) is 44.7 Å². The van der Waals surface area contributed by atoms with Gasteiger partial charge in [-0.05, 0) is 68.8 Å². The van der Waals surface area contributed by atoms with E-state index in [0.29, 0.717) is 6.04 Å². The second-order valence-electron chi connectivity index (χ2n) is 5.76. The molecule has 2 aliphatic rings. The molecule has 1 saturated carbocycles. The van der Waals surface area contributed by atoms with Gasteiger partial charge >= 0.3 is 0 Å². The van der Waals surface area contributed by atoms with E-state index in [1.807, 2.05) is 6.07 Å². The summed E-state index contributed by atoms with van der Waals surface area (Å²) in [5.74, 6) is 0.942. The summed E-state index contributed by atoms with van der Waals surface area (Å²) < 4.78 is 0. The Morgan fingerprint density at radius 2 is 2.06 bits per heavy atom. The lowest BCUT2D eigenvalue weighted by Gasteiger charge is -2.31. The van der Waals surface area contributed by atoms with Gasteiger partial charge in [-0.3, -0.25) is 4.90 Å². The second-order valence-corrected chi connectivity index (χ2v) is 5.76. The molecule has 0 amide bonds. The van der Waals surface area contributed by atoms with Gasteiger partial charge < -0.3 is 5.73 Å². The van der Waals surface area contributed by atoms with Crippen LogP contribution < -0.4 is 5.73 Å². The summed E-state index contributed by atoms with van der Waals surface area (Å²) in [7, 11) is 2.29. The molecule has 2 heteroatoms. The van der Waals surface area contributed by atoms with E-state index < -0.39 is 0 Å². The zero-order chi connectivity index (χ0) is 12.0. The molecule has 2 nitrogen and oxygen atoms in total. The zero-order valence-electron chi connectivity index (χ0n) is 10.8. The molecule has 92 valence electrons. The Balaban J connectivity index is 1.82. The molecule has 3 rings (SSSR count). The molecule has 17 heavy (non-hydrogen) atoms.